The molecule has 0 aliphatic carbocycles. The third-order valence-electron chi connectivity index (χ3n) is 6.02. The molecule has 0 aromatic carbocycles. The lowest BCUT2D eigenvalue weighted by Crippen LogP contribution is -2.09. The smallest absolute Gasteiger partial charge is 0.331 e. The molecular weight excluding hydrogens is 416 g/mol. The van der Waals surface area contributed by atoms with Crippen LogP contribution in [0.4, 0.5) is 0 Å². The minimum absolute atomic E-state index is 0.349. The van der Waals surface area contributed by atoms with Crippen molar-refractivity contribution >= 4 is 11.9 Å². The molecule has 0 bridgehead atoms. The molecule has 0 rings (SSSR count). The third kappa shape index (κ3) is 25.1. The van der Waals surface area contributed by atoms with Crippen molar-refractivity contribution in [3.8, 4) is 0 Å². The van der Waals surface area contributed by atoms with Gasteiger partial charge in [-0.2, -0.15) is 0 Å². The maximum Gasteiger partial charge on any atom is 0.331 e. The number of rotatable bonds is 24. The van der Waals surface area contributed by atoms with E-state index in [9.17, 15) is 9.59 Å². The maximum atomic E-state index is 11.7. The topological polar surface area (TPSA) is 61.8 Å². The highest BCUT2D eigenvalue weighted by molar-refractivity contribution is 5.91. The summed E-state index contributed by atoms with van der Waals surface area (Å²) in [4.78, 5) is 23.3. The molecule has 0 amide bonds. The van der Waals surface area contributed by atoms with E-state index < -0.39 is 11.9 Å². The van der Waals surface area contributed by atoms with Crippen molar-refractivity contribution in [1.82, 2.24) is 0 Å². The van der Waals surface area contributed by atoms with E-state index in [0.29, 0.717) is 25.7 Å². The fourth-order valence-corrected chi connectivity index (χ4v) is 3.70. The zero-order chi connectivity index (χ0) is 24.4. The van der Waals surface area contributed by atoms with Gasteiger partial charge in [0.15, 0.2) is 0 Å². The van der Waals surface area contributed by atoms with Crippen LogP contribution in [0.5, 0.6) is 0 Å². The molecule has 0 saturated carbocycles. The first-order chi connectivity index (χ1) is 16.1. The lowest BCUT2D eigenvalue weighted by atomic mass is 10.0. The van der Waals surface area contributed by atoms with Gasteiger partial charge in [0.1, 0.15) is 0 Å². The molecule has 0 heterocycles. The summed E-state index contributed by atoms with van der Waals surface area (Å²) in [5.74, 6) is -0.551. The summed E-state index contributed by atoms with van der Waals surface area (Å²) in [7, 11) is 1.68. The SMILES string of the molecule is CCCCCCCCCCCCCCCCCOC(=O)/C=C/C(=O)OCCC(C)CCOC. The molecule has 0 saturated heterocycles. The second-order valence-electron chi connectivity index (χ2n) is 9.29. The van der Waals surface area contributed by atoms with E-state index in [-0.39, 0.29) is 0 Å². The van der Waals surface area contributed by atoms with Crippen LogP contribution in [0.15, 0.2) is 12.2 Å². The molecular formula is C28H52O5. The van der Waals surface area contributed by atoms with Crippen LogP contribution in [0.1, 0.15) is 123 Å². The van der Waals surface area contributed by atoms with Crippen LogP contribution in [0.2, 0.25) is 0 Å². The summed E-state index contributed by atoms with van der Waals surface area (Å²) >= 11 is 0. The number of methoxy groups -OCH3 is 1. The largest absolute Gasteiger partial charge is 0.463 e. The number of ether oxygens (including phenoxy) is 3. The van der Waals surface area contributed by atoms with Crippen LogP contribution in [-0.4, -0.2) is 38.9 Å². The first-order valence-electron chi connectivity index (χ1n) is 13.6. The third-order valence-corrected chi connectivity index (χ3v) is 6.02. The zero-order valence-corrected chi connectivity index (χ0v) is 21.9. The monoisotopic (exact) mass is 468 g/mol. The van der Waals surface area contributed by atoms with Crippen LogP contribution in [0.25, 0.3) is 0 Å². The van der Waals surface area contributed by atoms with Gasteiger partial charge >= 0.3 is 11.9 Å². The number of carbonyl (C=O) groups is 2. The molecule has 0 aromatic rings. The zero-order valence-electron chi connectivity index (χ0n) is 21.9. The number of unbranched alkanes of at least 4 members (excludes halogenated alkanes) is 14. The second kappa shape index (κ2) is 25.3. The van der Waals surface area contributed by atoms with Gasteiger partial charge in [0.2, 0.25) is 0 Å². The van der Waals surface area contributed by atoms with Crippen molar-refractivity contribution in [3.05, 3.63) is 12.2 Å². The predicted molar refractivity (Wildman–Crippen MR) is 136 cm³/mol. The van der Waals surface area contributed by atoms with E-state index in [1.54, 1.807) is 7.11 Å². The van der Waals surface area contributed by atoms with Crippen LogP contribution in [0.3, 0.4) is 0 Å². The summed E-state index contributed by atoms with van der Waals surface area (Å²) in [5.41, 5.74) is 0. The van der Waals surface area contributed by atoms with Crippen LogP contribution in [0, 0.1) is 5.92 Å². The van der Waals surface area contributed by atoms with Crippen molar-refractivity contribution in [2.75, 3.05) is 26.9 Å². The fraction of sp³-hybridized carbons (Fsp3) is 0.857. The average Bonchev–Trinajstić information content (AvgIpc) is 2.81. The average molecular weight is 469 g/mol. The first-order valence-corrected chi connectivity index (χ1v) is 13.6. The summed E-state index contributed by atoms with van der Waals surface area (Å²) < 4.78 is 15.3. The summed E-state index contributed by atoms with van der Waals surface area (Å²) in [6.45, 7) is 5.83. The standard InChI is InChI=1S/C28H52O5/c1-4-5-6-7-8-9-10-11-12-13-14-15-16-17-18-23-32-27(29)19-20-28(30)33-25-22-26(2)21-24-31-3/h19-20,26H,4-18,21-25H2,1-3H3/b20-19+. The molecule has 5 nitrogen and oxygen atoms in total. The lowest BCUT2D eigenvalue weighted by molar-refractivity contribution is -0.140. The van der Waals surface area contributed by atoms with Gasteiger partial charge in [-0.25, -0.2) is 9.59 Å². The highest BCUT2D eigenvalue weighted by atomic mass is 16.5. The van der Waals surface area contributed by atoms with Gasteiger partial charge in [-0.05, 0) is 25.2 Å². The highest BCUT2D eigenvalue weighted by Gasteiger charge is 2.05. The van der Waals surface area contributed by atoms with Crippen molar-refractivity contribution in [1.29, 1.82) is 0 Å². The molecule has 33 heavy (non-hydrogen) atoms. The Morgan fingerprint density at radius 3 is 1.45 bits per heavy atom. The molecule has 5 heteroatoms. The van der Waals surface area contributed by atoms with Crippen LogP contribution < -0.4 is 0 Å². The molecule has 0 spiro atoms. The minimum atomic E-state index is -0.502. The number of hydrogen-bond donors (Lipinski definition) is 0. The minimum Gasteiger partial charge on any atom is -0.463 e. The van der Waals surface area contributed by atoms with E-state index in [4.69, 9.17) is 14.2 Å². The molecule has 0 radical (unpaired) electrons. The van der Waals surface area contributed by atoms with Gasteiger partial charge in [0, 0.05) is 25.9 Å². The van der Waals surface area contributed by atoms with Crippen molar-refractivity contribution in [2.45, 2.75) is 123 Å². The Kier molecular flexibility index (Phi) is 24.2. The lowest BCUT2D eigenvalue weighted by Gasteiger charge is -2.10. The van der Waals surface area contributed by atoms with Gasteiger partial charge < -0.3 is 14.2 Å². The van der Waals surface area contributed by atoms with Crippen LogP contribution in [-0.2, 0) is 23.8 Å². The molecule has 1 unspecified atom stereocenters. The first kappa shape index (κ1) is 31.6. The van der Waals surface area contributed by atoms with Crippen molar-refractivity contribution in [3.63, 3.8) is 0 Å². The summed E-state index contributed by atoms with van der Waals surface area (Å²) in [6.07, 6.45) is 23.6. The van der Waals surface area contributed by atoms with Crippen LogP contribution >= 0.6 is 0 Å². The van der Waals surface area contributed by atoms with E-state index >= 15 is 0 Å². The Balaban J connectivity index is 3.40. The van der Waals surface area contributed by atoms with Gasteiger partial charge in [-0.1, -0.05) is 104 Å². The Labute approximate surface area is 204 Å². The highest BCUT2D eigenvalue weighted by Crippen LogP contribution is 2.13. The molecule has 0 fully saturated rings. The molecule has 0 aliphatic rings. The quantitative estimate of drug-likeness (QED) is 0.0830. The molecule has 0 aliphatic heterocycles. The Hall–Kier alpha value is -1.36. The maximum absolute atomic E-state index is 11.7. The number of hydrogen-bond acceptors (Lipinski definition) is 5. The van der Waals surface area contributed by atoms with E-state index in [1.165, 1.54) is 83.5 Å². The van der Waals surface area contributed by atoms with Gasteiger partial charge in [0.05, 0.1) is 13.2 Å². The second-order valence-corrected chi connectivity index (χ2v) is 9.29. The van der Waals surface area contributed by atoms with E-state index in [1.807, 2.05) is 0 Å². The predicted octanol–water partition coefficient (Wildman–Crippen LogP) is 7.56. The summed E-state index contributed by atoms with van der Waals surface area (Å²) in [5, 5.41) is 0. The fourth-order valence-electron chi connectivity index (χ4n) is 3.70. The Bertz CT molecular complexity index is 475. The normalized spacial score (nSPS) is 12.2. The van der Waals surface area contributed by atoms with E-state index in [2.05, 4.69) is 13.8 Å². The number of esters is 2. The molecule has 194 valence electrons. The molecule has 0 aromatic heterocycles. The molecule has 0 N–H and O–H groups in total. The number of carbonyl (C=O) groups excluding carboxylic acids is 2. The van der Waals surface area contributed by atoms with Crippen molar-refractivity contribution < 1.29 is 23.8 Å². The Morgan fingerprint density at radius 2 is 1.00 bits per heavy atom. The van der Waals surface area contributed by atoms with Gasteiger partial charge in [-0.15, -0.1) is 0 Å². The molecule has 1 atom stereocenters. The van der Waals surface area contributed by atoms with Gasteiger partial charge in [0.25, 0.3) is 0 Å². The van der Waals surface area contributed by atoms with E-state index in [0.717, 1.165) is 37.8 Å². The Morgan fingerprint density at radius 1 is 0.606 bits per heavy atom. The van der Waals surface area contributed by atoms with Crippen molar-refractivity contribution in [2.24, 2.45) is 5.92 Å². The summed E-state index contributed by atoms with van der Waals surface area (Å²) in [6, 6.07) is 0. The van der Waals surface area contributed by atoms with Gasteiger partial charge in [-0.3, -0.25) is 0 Å².